The standard InChI is InChI=1S/C29H54N4O8S.H2O/c1-8-12-18-33(19-13-9-2,20-14-10-3)25(15-11-4)42(37,38)41-32-23-16-17-24(31(21-23)28(32)36)27(35)30-39-22-26(34)40-29(5,6)7;/h23-25H,8-22H2,1-7H3;1H2/t23-,24+,25?;/m1./s1. The molecule has 2 aliphatic rings. The molecular weight excluding hydrogens is 580 g/mol. The van der Waals surface area contributed by atoms with Crippen molar-refractivity contribution in [2.75, 3.05) is 32.8 Å². The summed E-state index contributed by atoms with van der Waals surface area (Å²) in [5, 5.41) is 0.191. The Labute approximate surface area is 258 Å². The van der Waals surface area contributed by atoms with Crippen molar-refractivity contribution in [1.29, 1.82) is 0 Å². The number of nitrogens with zero attached hydrogens (tertiary/aromatic N) is 3. The van der Waals surface area contributed by atoms with Gasteiger partial charge in [0.2, 0.25) is 5.37 Å². The Hall–Kier alpha value is -2.00. The van der Waals surface area contributed by atoms with Crippen LogP contribution in [0.5, 0.6) is 0 Å². The SMILES string of the molecule is CCCC[N+](CCCC)(CCCC)C(CCC)S(=O)(=O)ON1C(=O)N2C[C@H]1CC[C@H]2C(=O)NOCC(=O)OC(C)(C)C.[OH-]. The first-order chi connectivity index (χ1) is 19.7. The quantitative estimate of drug-likeness (QED) is 0.125. The molecule has 0 aromatic rings. The second-order valence-corrected chi connectivity index (χ2v) is 14.3. The highest BCUT2D eigenvalue weighted by Gasteiger charge is 2.52. The van der Waals surface area contributed by atoms with Crippen molar-refractivity contribution < 1.29 is 46.6 Å². The van der Waals surface area contributed by atoms with Crippen molar-refractivity contribution in [2.45, 2.75) is 136 Å². The lowest BCUT2D eigenvalue weighted by Gasteiger charge is -2.44. The van der Waals surface area contributed by atoms with Crippen LogP contribution in [0, 0.1) is 0 Å². The molecule has 252 valence electrons. The van der Waals surface area contributed by atoms with Crippen molar-refractivity contribution in [3.63, 3.8) is 0 Å². The van der Waals surface area contributed by atoms with Crippen molar-refractivity contribution in [1.82, 2.24) is 15.4 Å². The average Bonchev–Trinajstić information content (AvgIpc) is 3.14. The van der Waals surface area contributed by atoms with E-state index in [1.165, 1.54) is 4.90 Å². The molecule has 2 N–H and O–H groups in total. The third kappa shape index (κ3) is 10.8. The Morgan fingerprint density at radius 2 is 1.53 bits per heavy atom. The van der Waals surface area contributed by atoms with E-state index < -0.39 is 57.7 Å². The molecule has 0 saturated carbocycles. The van der Waals surface area contributed by atoms with Crippen molar-refractivity contribution in [3.8, 4) is 0 Å². The normalized spacial score (nSPS) is 19.7. The number of hydroxylamine groups is 3. The summed E-state index contributed by atoms with van der Waals surface area (Å²) in [5.74, 6) is -1.23. The molecule has 43 heavy (non-hydrogen) atoms. The van der Waals surface area contributed by atoms with Gasteiger partial charge in [0.15, 0.2) is 6.61 Å². The highest BCUT2D eigenvalue weighted by atomic mass is 32.2. The number of esters is 1. The minimum atomic E-state index is -4.19. The molecule has 0 spiro atoms. The van der Waals surface area contributed by atoms with Gasteiger partial charge in [-0.05, 0) is 59.3 Å². The van der Waals surface area contributed by atoms with E-state index in [2.05, 4.69) is 26.3 Å². The van der Waals surface area contributed by atoms with Gasteiger partial charge in [-0.2, -0.15) is 13.5 Å². The average molecular weight is 637 g/mol. The van der Waals surface area contributed by atoms with Crippen molar-refractivity contribution in [3.05, 3.63) is 0 Å². The first kappa shape index (κ1) is 39.0. The van der Waals surface area contributed by atoms with Crippen LogP contribution in [0.15, 0.2) is 0 Å². The van der Waals surface area contributed by atoms with Gasteiger partial charge in [-0.25, -0.2) is 15.1 Å². The van der Waals surface area contributed by atoms with Gasteiger partial charge in [-0.15, -0.1) is 4.28 Å². The lowest BCUT2D eigenvalue weighted by Crippen LogP contribution is -2.61. The Morgan fingerprint density at radius 1 is 0.977 bits per heavy atom. The molecule has 2 rings (SSSR count). The molecule has 0 aromatic heterocycles. The summed E-state index contributed by atoms with van der Waals surface area (Å²) in [7, 11) is -4.19. The van der Waals surface area contributed by atoms with E-state index in [9.17, 15) is 22.8 Å². The largest absolute Gasteiger partial charge is 0.870 e. The van der Waals surface area contributed by atoms with Gasteiger partial charge in [0, 0.05) is 13.0 Å². The fourth-order valence-electron chi connectivity index (χ4n) is 5.89. The first-order valence-electron chi connectivity index (χ1n) is 15.8. The Kier molecular flexibility index (Phi) is 15.9. The van der Waals surface area contributed by atoms with E-state index >= 15 is 0 Å². The van der Waals surface area contributed by atoms with Gasteiger partial charge in [0.25, 0.3) is 5.91 Å². The predicted octanol–water partition coefficient (Wildman–Crippen LogP) is 4.07. The number of quaternary nitrogens is 1. The second-order valence-electron chi connectivity index (χ2n) is 12.6. The monoisotopic (exact) mass is 636 g/mol. The molecular formula is C29H56N4O9S. The van der Waals surface area contributed by atoms with Crippen LogP contribution in [0.4, 0.5) is 4.79 Å². The van der Waals surface area contributed by atoms with Gasteiger partial charge in [-0.1, -0.05) is 47.0 Å². The number of ether oxygens (including phenoxy) is 1. The summed E-state index contributed by atoms with van der Waals surface area (Å²) in [5.41, 5.74) is 1.55. The summed E-state index contributed by atoms with van der Waals surface area (Å²) in [6.45, 7) is 15.4. The van der Waals surface area contributed by atoms with E-state index in [0.29, 0.717) is 30.2 Å². The number of urea groups is 1. The Morgan fingerprint density at radius 3 is 2.02 bits per heavy atom. The molecule has 3 atom stereocenters. The van der Waals surface area contributed by atoms with Gasteiger partial charge in [-0.3, -0.25) is 9.63 Å². The van der Waals surface area contributed by atoms with E-state index in [1.54, 1.807) is 20.8 Å². The van der Waals surface area contributed by atoms with Crippen LogP contribution in [0.25, 0.3) is 0 Å². The molecule has 2 heterocycles. The van der Waals surface area contributed by atoms with Crippen molar-refractivity contribution >= 4 is 28.0 Å². The van der Waals surface area contributed by atoms with Crippen LogP contribution >= 0.6 is 0 Å². The highest BCUT2D eigenvalue weighted by Crippen LogP contribution is 2.34. The van der Waals surface area contributed by atoms with Gasteiger partial charge >= 0.3 is 22.1 Å². The number of fused-ring (bicyclic) bond motifs is 2. The number of carbonyl (C=O) groups excluding carboxylic acids is 3. The number of piperidine rings is 1. The molecule has 2 fully saturated rings. The Bertz CT molecular complexity index is 981. The predicted molar refractivity (Wildman–Crippen MR) is 161 cm³/mol. The van der Waals surface area contributed by atoms with Crippen molar-refractivity contribution in [2.24, 2.45) is 0 Å². The maximum atomic E-state index is 14.1. The zero-order chi connectivity index (χ0) is 31.6. The van der Waals surface area contributed by atoms with E-state index in [1.807, 2.05) is 6.92 Å². The molecule has 0 radical (unpaired) electrons. The minimum absolute atomic E-state index is 0. The lowest BCUT2D eigenvalue weighted by atomic mass is 10.0. The summed E-state index contributed by atoms with van der Waals surface area (Å²) >= 11 is 0. The second kappa shape index (κ2) is 17.5. The zero-order valence-corrected chi connectivity index (χ0v) is 28.1. The highest BCUT2D eigenvalue weighted by molar-refractivity contribution is 7.87. The molecule has 0 aromatic carbocycles. The number of amides is 3. The Balaban J connectivity index is 0.00000924. The third-order valence-corrected chi connectivity index (χ3v) is 9.66. The number of rotatable bonds is 19. The van der Waals surface area contributed by atoms with Crippen LogP contribution in [0.3, 0.4) is 0 Å². The molecule has 2 aliphatic heterocycles. The lowest BCUT2D eigenvalue weighted by molar-refractivity contribution is -0.939. The van der Waals surface area contributed by atoms with E-state index in [-0.39, 0.29) is 12.0 Å². The summed E-state index contributed by atoms with van der Waals surface area (Å²) in [6.07, 6.45) is 7.43. The number of hydrogen-bond acceptors (Lipinski definition) is 9. The summed E-state index contributed by atoms with van der Waals surface area (Å²) in [4.78, 5) is 44.5. The van der Waals surface area contributed by atoms with Crippen LogP contribution < -0.4 is 5.48 Å². The number of hydrogen-bond donors (Lipinski definition) is 1. The van der Waals surface area contributed by atoms with Crippen LogP contribution in [0.2, 0.25) is 0 Å². The zero-order valence-electron chi connectivity index (χ0n) is 27.3. The van der Waals surface area contributed by atoms with E-state index in [4.69, 9.17) is 13.9 Å². The number of carbonyl (C=O) groups is 3. The first-order valence-corrected chi connectivity index (χ1v) is 17.2. The van der Waals surface area contributed by atoms with Gasteiger partial charge in [0.05, 0.1) is 25.7 Å². The number of nitrogens with one attached hydrogen (secondary N) is 1. The molecule has 2 bridgehead atoms. The number of unbranched alkanes of at least 4 members (excludes halogenated alkanes) is 3. The molecule has 0 aliphatic carbocycles. The summed E-state index contributed by atoms with van der Waals surface area (Å²) < 4.78 is 39.5. The van der Waals surface area contributed by atoms with Crippen LogP contribution in [-0.2, 0) is 33.6 Å². The fraction of sp³-hybridized carbons (Fsp3) is 0.897. The fourth-order valence-corrected chi connectivity index (χ4v) is 7.79. The minimum Gasteiger partial charge on any atom is -0.870 e. The smallest absolute Gasteiger partial charge is 0.346 e. The van der Waals surface area contributed by atoms with Gasteiger partial charge in [0.1, 0.15) is 11.6 Å². The van der Waals surface area contributed by atoms with E-state index in [0.717, 1.165) is 63.2 Å². The topological polar surface area (TPSA) is 162 Å². The molecule has 2 saturated heterocycles. The van der Waals surface area contributed by atoms with Crippen LogP contribution in [0.1, 0.15) is 113 Å². The summed E-state index contributed by atoms with van der Waals surface area (Å²) in [6, 6.07) is -2.01. The molecule has 13 nitrogen and oxygen atoms in total. The molecule has 14 heteroatoms. The van der Waals surface area contributed by atoms with Gasteiger partial charge < -0.3 is 19.6 Å². The molecule has 3 amide bonds. The maximum absolute atomic E-state index is 14.1. The maximum Gasteiger partial charge on any atom is 0.346 e. The van der Waals surface area contributed by atoms with Crippen LogP contribution in [-0.4, -0.2) is 102 Å². The molecule has 1 unspecified atom stereocenters. The third-order valence-electron chi connectivity index (χ3n) is 7.94.